The molecule has 0 saturated heterocycles. The molecule has 0 bridgehead atoms. The molecule has 2 aromatic carbocycles. The van der Waals surface area contributed by atoms with Gasteiger partial charge in [0.05, 0.1) is 6.04 Å². The van der Waals surface area contributed by atoms with E-state index in [0.29, 0.717) is 12.5 Å². The summed E-state index contributed by atoms with van der Waals surface area (Å²) in [5.74, 6) is 1.75. The Morgan fingerprint density at radius 1 is 1.04 bits per heavy atom. The third-order valence-electron chi connectivity index (χ3n) is 4.87. The predicted octanol–water partition coefficient (Wildman–Crippen LogP) is 3.85. The lowest BCUT2D eigenvalue weighted by Gasteiger charge is -2.20. The van der Waals surface area contributed by atoms with Crippen LogP contribution in [-0.2, 0) is 6.54 Å². The highest BCUT2D eigenvalue weighted by molar-refractivity contribution is 5.75. The van der Waals surface area contributed by atoms with Gasteiger partial charge in [0.25, 0.3) is 0 Å². The van der Waals surface area contributed by atoms with E-state index in [1.165, 1.54) is 12.8 Å². The first-order valence-electron chi connectivity index (χ1n) is 9.46. The van der Waals surface area contributed by atoms with Gasteiger partial charge in [-0.1, -0.05) is 60.7 Å². The molecule has 0 unspecified atom stereocenters. The summed E-state index contributed by atoms with van der Waals surface area (Å²) in [5.41, 5.74) is 2.12. The molecule has 5 heteroatoms. The van der Waals surface area contributed by atoms with E-state index in [-0.39, 0.29) is 12.1 Å². The Hall–Kier alpha value is -3.08. The predicted molar refractivity (Wildman–Crippen MR) is 105 cm³/mol. The van der Waals surface area contributed by atoms with Crippen LogP contribution in [0.2, 0.25) is 0 Å². The van der Waals surface area contributed by atoms with Crippen LogP contribution in [0.3, 0.4) is 0 Å². The van der Waals surface area contributed by atoms with Gasteiger partial charge in [-0.25, -0.2) is 9.78 Å². The quantitative estimate of drug-likeness (QED) is 0.672. The lowest BCUT2D eigenvalue weighted by molar-refractivity contribution is 0.238. The van der Waals surface area contributed by atoms with E-state index in [4.69, 9.17) is 0 Å². The van der Waals surface area contributed by atoms with Crippen molar-refractivity contribution < 1.29 is 4.79 Å². The highest BCUT2D eigenvalue weighted by Crippen LogP contribution is 2.38. The van der Waals surface area contributed by atoms with E-state index in [1.54, 1.807) is 0 Å². The first kappa shape index (κ1) is 17.3. The number of carbonyl (C=O) groups is 1. The maximum absolute atomic E-state index is 12.5. The van der Waals surface area contributed by atoms with Gasteiger partial charge < -0.3 is 15.2 Å². The third-order valence-corrected chi connectivity index (χ3v) is 4.87. The molecule has 2 N–H and O–H groups in total. The van der Waals surface area contributed by atoms with Crippen molar-refractivity contribution in [2.24, 2.45) is 0 Å². The Kier molecular flexibility index (Phi) is 5.19. The van der Waals surface area contributed by atoms with Crippen LogP contribution < -0.4 is 10.6 Å². The SMILES string of the molecule is O=C(NCCn1ccnc1C1CC1)NC(c1ccccc1)c1ccccc1. The zero-order valence-corrected chi connectivity index (χ0v) is 15.2. The average Bonchev–Trinajstić information content (AvgIpc) is 3.46. The number of hydrogen-bond donors (Lipinski definition) is 2. The lowest BCUT2D eigenvalue weighted by Crippen LogP contribution is -2.39. The molecule has 5 nitrogen and oxygen atoms in total. The molecule has 3 aromatic rings. The highest BCUT2D eigenvalue weighted by Gasteiger charge is 2.27. The van der Waals surface area contributed by atoms with Crippen LogP contribution >= 0.6 is 0 Å². The minimum atomic E-state index is -0.178. The van der Waals surface area contributed by atoms with Gasteiger partial charge in [-0.3, -0.25) is 0 Å². The molecule has 0 spiro atoms. The average molecular weight is 360 g/mol. The van der Waals surface area contributed by atoms with Crippen LogP contribution in [0.4, 0.5) is 4.79 Å². The van der Waals surface area contributed by atoms with Crippen molar-refractivity contribution in [2.75, 3.05) is 6.54 Å². The molecule has 138 valence electrons. The normalized spacial score (nSPS) is 13.5. The molecule has 27 heavy (non-hydrogen) atoms. The second-order valence-corrected chi connectivity index (χ2v) is 6.91. The Bertz CT molecular complexity index is 832. The molecule has 1 aliphatic rings. The maximum atomic E-state index is 12.5. The molecule has 0 aliphatic heterocycles. The fourth-order valence-electron chi connectivity index (χ4n) is 3.33. The minimum absolute atomic E-state index is 0.166. The van der Waals surface area contributed by atoms with E-state index in [9.17, 15) is 4.79 Å². The molecule has 0 atom stereocenters. The van der Waals surface area contributed by atoms with Crippen molar-refractivity contribution >= 4 is 6.03 Å². The number of nitrogens with one attached hydrogen (secondary N) is 2. The summed E-state index contributed by atoms with van der Waals surface area (Å²) in [6.07, 6.45) is 6.28. The lowest BCUT2D eigenvalue weighted by atomic mass is 9.99. The summed E-state index contributed by atoms with van der Waals surface area (Å²) >= 11 is 0. The molecular formula is C22H24N4O. The number of aromatic nitrogens is 2. The number of imidazole rings is 1. The summed E-state index contributed by atoms with van der Waals surface area (Å²) in [5, 5.41) is 6.08. The van der Waals surface area contributed by atoms with Crippen LogP contribution in [-0.4, -0.2) is 22.1 Å². The molecule has 1 heterocycles. The summed E-state index contributed by atoms with van der Waals surface area (Å²) in [6, 6.07) is 19.7. The molecule has 2 amide bonds. The molecular weight excluding hydrogens is 336 g/mol. The van der Waals surface area contributed by atoms with E-state index in [0.717, 1.165) is 23.5 Å². The van der Waals surface area contributed by atoms with Gasteiger partial charge in [0.1, 0.15) is 5.82 Å². The van der Waals surface area contributed by atoms with Crippen LogP contribution in [0.1, 0.15) is 41.8 Å². The first-order chi connectivity index (χ1) is 13.3. The monoisotopic (exact) mass is 360 g/mol. The van der Waals surface area contributed by atoms with Crippen molar-refractivity contribution in [1.29, 1.82) is 0 Å². The van der Waals surface area contributed by atoms with Gasteiger partial charge in [0.15, 0.2) is 0 Å². The van der Waals surface area contributed by atoms with Gasteiger partial charge in [0.2, 0.25) is 0 Å². The van der Waals surface area contributed by atoms with Crippen molar-refractivity contribution in [3.05, 3.63) is 90.0 Å². The Morgan fingerprint density at radius 2 is 1.67 bits per heavy atom. The van der Waals surface area contributed by atoms with Crippen LogP contribution in [0.25, 0.3) is 0 Å². The van der Waals surface area contributed by atoms with Crippen molar-refractivity contribution in [2.45, 2.75) is 31.3 Å². The Morgan fingerprint density at radius 3 is 2.26 bits per heavy atom. The second-order valence-electron chi connectivity index (χ2n) is 6.91. The van der Waals surface area contributed by atoms with Gasteiger partial charge in [-0.05, 0) is 24.0 Å². The number of amides is 2. The van der Waals surface area contributed by atoms with Crippen LogP contribution in [0.5, 0.6) is 0 Å². The van der Waals surface area contributed by atoms with E-state index in [2.05, 4.69) is 20.2 Å². The number of urea groups is 1. The zero-order valence-electron chi connectivity index (χ0n) is 15.2. The largest absolute Gasteiger partial charge is 0.336 e. The van der Waals surface area contributed by atoms with E-state index < -0.39 is 0 Å². The molecule has 0 radical (unpaired) electrons. The summed E-state index contributed by atoms with van der Waals surface area (Å²) in [4.78, 5) is 17.0. The molecule has 1 fully saturated rings. The summed E-state index contributed by atoms with van der Waals surface area (Å²) in [6.45, 7) is 1.30. The van der Waals surface area contributed by atoms with Crippen molar-refractivity contribution in [3.63, 3.8) is 0 Å². The highest BCUT2D eigenvalue weighted by atomic mass is 16.2. The summed E-state index contributed by atoms with van der Waals surface area (Å²) in [7, 11) is 0. The second kappa shape index (κ2) is 8.08. The zero-order chi connectivity index (χ0) is 18.5. The van der Waals surface area contributed by atoms with Gasteiger partial charge in [-0.15, -0.1) is 0 Å². The Labute approximate surface area is 159 Å². The molecule has 1 aliphatic carbocycles. The third kappa shape index (κ3) is 4.37. The number of benzene rings is 2. The fourth-order valence-corrected chi connectivity index (χ4v) is 3.33. The van der Waals surface area contributed by atoms with Crippen LogP contribution in [0.15, 0.2) is 73.1 Å². The fraction of sp³-hybridized carbons (Fsp3) is 0.273. The van der Waals surface area contributed by atoms with E-state index in [1.807, 2.05) is 73.1 Å². The molecule has 1 saturated carbocycles. The minimum Gasteiger partial charge on any atom is -0.336 e. The smallest absolute Gasteiger partial charge is 0.315 e. The van der Waals surface area contributed by atoms with Crippen molar-refractivity contribution in [3.8, 4) is 0 Å². The van der Waals surface area contributed by atoms with Gasteiger partial charge in [0, 0.05) is 31.4 Å². The number of hydrogen-bond acceptors (Lipinski definition) is 2. The topological polar surface area (TPSA) is 59.0 Å². The summed E-state index contributed by atoms with van der Waals surface area (Å²) < 4.78 is 2.14. The van der Waals surface area contributed by atoms with Crippen LogP contribution in [0, 0.1) is 0 Å². The maximum Gasteiger partial charge on any atom is 0.315 e. The Balaban J connectivity index is 1.37. The van der Waals surface area contributed by atoms with Gasteiger partial charge in [-0.2, -0.15) is 0 Å². The van der Waals surface area contributed by atoms with E-state index >= 15 is 0 Å². The standard InChI is InChI=1S/C22H24N4O/c27-22(24-14-16-26-15-13-23-21(26)19-11-12-19)25-20(17-7-3-1-4-8-17)18-9-5-2-6-10-18/h1-10,13,15,19-20H,11-12,14,16H2,(H2,24,25,27). The number of rotatable bonds is 7. The molecule has 1 aromatic heterocycles. The van der Waals surface area contributed by atoms with Crippen molar-refractivity contribution in [1.82, 2.24) is 20.2 Å². The first-order valence-corrected chi connectivity index (χ1v) is 9.46. The van der Waals surface area contributed by atoms with Gasteiger partial charge >= 0.3 is 6.03 Å². The number of nitrogens with zero attached hydrogens (tertiary/aromatic N) is 2. The molecule has 4 rings (SSSR count). The number of carbonyl (C=O) groups excluding carboxylic acids is 1.